The van der Waals surface area contributed by atoms with E-state index in [1.807, 2.05) is 36.4 Å². The first kappa shape index (κ1) is 16.5. The number of benzene rings is 2. The van der Waals surface area contributed by atoms with Gasteiger partial charge in [0.2, 0.25) is 0 Å². The third kappa shape index (κ3) is 6.29. The lowest BCUT2D eigenvalue weighted by atomic mass is 10.1. The number of hydrogen-bond donors (Lipinski definition) is 2. The van der Waals surface area contributed by atoms with Gasteiger partial charge in [-0.2, -0.15) is 0 Å². The molecule has 3 heteroatoms. The van der Waals surface area contributed by atoms with Gasteiger partial charge in [0.05, 0.1) is 6.10 Å². The van der Waals surface area contributed by atoms with Crippen molar-refractivity contribution in [3.63, 3.8) is 0 Å². The summed E-state index contributed by atoms with van der Waals surface area (Å²) in [7, 11) is 0. The largest absolute Gasteiger partial charge is 0.491 e. The second-order valence-corrected chi connectivity index (χ2v) is 5.61. The first-order chi connectivity index (χ1) is 10.7. The molecule has 2 aromatic rings. The minimum atomic E-state index is -0.448. The molecule has 0 aromatic heterocycles. The van der Waals surface area contributed by atoms with Gasteiger partial charge in [-0.05, 0) is 44.0 Å². The molecule has 0 aliphatic rings. The van der Waals surface area contributed by atoms with E-state index in [-0.39, 0.29) is 0 Å². The van der Waals surface area contributed by atoms with Crippen LogP contribution < -0.4 is 10.1 Å². The standard InChI is InChI=1S/C19H25NO2/c1-16(14-17-8-4-2-5-9-17)20-13-12-18(21)15-22-19-10-6-3-7-11-19/h2-11,16,18,20-21H,12-15H2,1H3. The minimum Gasteiger partial charge on any atom is -0.491 e. The van der Waals surface area contributed by atoms with Crippen molar-refractivity contribution in [2.75, 3.05) is 13.2 Å². The molecule has 2 aromatic carbocycles. The number of nitrogens with one attached hydrogen (secondary N) is 1. The third-order valence-electron chi connectivity index (χ3n) is 3.54. The molecule has 22 heavy (non-hydrogen) atoms. The quantitative estimate of drug-likeness (QED) is 0.748. The Balaban J connectivity index is 1.59. The summed E-state index contributed by atoms with van der Waals surface area (Å²) < 4.78 is 5.54. The van der Waals surface area contributed by atoms with Gasteiger partial charge >= 0.3 is 0 Å². The van der Waals surface area contributed by atoms with Crippen LogP contribution in [0.4, 0.5) is 0 Å². The maximum atomic E-state index is 9.95. The highest BCUT2D eigenvalue weighted by molar-refractivity contribution is 5.20. The van der Waals surface area contributed by atoms with E-state index in [1.54, 1.807) is 0 Å². The van der Waals surface area contributed by atoms with Crippen molar-refractivity contribution >= 4 is 0 Å². The van der Waals surface area contributed by atoms with Crippen LogP contribution in [0.5, 0.6) is 5.75 Å². The highest BCUT2D eigenvalue weighted by atomic mass is 16.5. The third-order valence-corrected chi connectivity index (χ3v) is 3.54. The second kappa shape index (κ2) is 9.23. The molecule has 3 nitrogen and oxygen atoms in total. The fourth-order valence-corrected chi connectivity index (χ4v) is 2.33. The first-order valence-electron chi connectivity index (χ1n) is 7.87. The molecule has 0 fully saturated rings. The summed E-state index contributed by atoms with van der Waals surface area (Å²) >= 11 is 0. The highest BCUT2D eigenvalue weighted by Crippen LogP contribution is 2.09. The topological polar surface area (TPSA) is 41.5 Å². The van der Waals surface area contributed by atoms with Crippen molar-refractivity contribution in [2.24, 2.45) is 0 Å². The van der Waals surface area contributed by atoms with Crippen LogP contribution in [0.3, 0.4) is 0 Å². The molecule has 0 saturated carbocycles. The molecular weight excluding hydrogens is 274 g/mol. The lowest BCUT2D eigenvalue weighted by molar-refractivity contribution is 0.0993. The van der Waals surface area contributed by atoms with E-state index in [4.69, 9.17) is 4.74 Å². The van der Waals surface area contributed by atoms with Crippen LogP contribution in [0.15, 0.2) is 60.7 Å². The molecule has 0 amide bonds. The van der Waals surface area contributed by atoms with E-state index in [0.717, 1.165) is 18.7 Å². The first-order valence-corrected chi connectivity index (χ1v) is 7.87. The molecule has 0 aliphatic carbocycles. The van der Waals surface area contributed by atoms with E-state index < -0.39 is 6.10 Å². The number of aliphatic hydroxyl groups excluding tert-OH is 1. The number of hydrogen-bond acceptors (Lipinski definition) is 3. The van der Waals surface area contributed by atoms with Crippen molar-refractivity contribution in [3.8, 4) is 5.75 Å². The second-order valence-electron chi connectivity index (χ2n) is 5.61. The van der Waals surface area contributed by atoms with Crippen LogP contribution in [0, 0.1) is 0 Å². The minimum absolute atomic E-state index is 0.332. The molecule has 2 unspecified atom stereocenters. The van der Waals surface area contributed by atoms with E-state index >= 15 is 0 Å². The molecular formula is C19H25NO2. The Bertz CT molecular complexity index is 515. The smallest absolute Gasteiger partial charge is 0.119 e. The molecule has 0 heterocycles. The van der Waals surface area contributed by atoms with Crippen LogP contribution in [0.25, 0.3) is 0 Å². The maximum Gasteiger partial charge on any atom is 0.119 e. The Morgan fingerprint density at radius 1 is 1.00 bits per heavy atom. The fraction of sp³-hybridized carbons (Fsp3) is 0.368. The average molecular weight is 299 g/mol. The normalized spacial score (nSPS) is 13.5. The monoisotopic (exact) mass is 299 g/mol. The molecule has 0 spiro atoms. The number of aliphatic hydroxyl groups is 1. The van der Waals surface area contributed by atoms with E-state index in [1.165, 1.54) is 5.56 Å². The Kier molecular flexibility index (Phi) is 6.94. The molecule has 0 radical (unpaired) electrons. The predicted octanol–water partition coefficient (Wildman–Crippen LogP) is 3.04. The van der Waals surface area contributed by atoms with Crippen LogP contribution in [0.2, 0.25) is 0 Å². The zero-order chi connectivity index (χ0) is 15.6. The summed E-state index contributed by atoms with van der Waals surface area (Å²) in [5, 5.41) is 13.4. The lowest BCUT2D eigenvalue weighted by Gasteiger charge is -2.16. The predicted molar refractivity (Wildman–Crippen MR) is 90.2 cm³/mol. The average Bonchev–Trinajstić information content (AvgIpc) is 2.55. The van der Waals surface area contributed by atoms with Crippen molar-refractivity contribution in [3.05, 3.63) is 66.2 Å². The van der Waals surface area contributed by atoms with Crippen molar-refractivity contribution in [1.29, 1.82) is 0 Å². The summed E-state index contributed by atoms with van der Waals surface area (Å²) in [6, 6.07) is 20.4. The number of ether oxygens (including phenoxy) is 1. The zero-order valence-electron chi connectivity index (χ0n) is 13.1. The van der Waals surface area contributed by atoms with Crippen LogP contribution in [-0.4, -0.2) is 30.4 Å². The Morgan fingerprint density at radius 3 is 2.32 bits per heavy atom. The Morgan fingerprint density at radius 2 is 1.64 bits per heavy atom. The van der Waals surface area contributed by atoms with E-state index in [0.29, 0.717) is 19.1 Å². The van der Waals surface area contributed by atoms with Gasteiger partial charge < -0.3 is 15.2 Å². The lowest BCUT2D eigenvalue weighted by Crippen LogP contribution is -2.32. The van der Waals surface area contributed by atoms with Gasteiger partial charge in [-0.25, -0.2) is 0 Å². The van der Waals surface area contributed by atoms with Gasteiger partial charge in [0, 0.05) is 6.04 Å². The van der Waals surface area contributed by atoms with Gasteiger partial charge in [0.1, 0.15) is 12.4 Å². The van der Waals surface area contributed by atoms with Gasteiger partial charge in [-0.15, -0.1) is 0 Å². The van der Waals surface area contributed by atoms with E-state index in [2.05, 4.69) is 36.5 Å². The van der Waals surface area contributed by atoms with Crippen LogP contribution in [0.1, 0.15) is 18.9 Å². The number of rotatable bonds is 9. The van der Waals surface area contributed by atoms with Crippen LogP contribution in [-0.2, 0) is 6.42 Å². The van der Waals surface area contributed by atoms with Gasteiger partial charge in [-0.3, -0.25) is 0 Å². The van der Waals surface area contributed by atoms with Crippen molar-refractivity contribution in [1.82, 2.24) is 5.32 Å². The summed E-state index contributed by atoms with van der Waals surface area (Å²) in [4.78, 5) is 0. The van der Waals surface area contributed by atoms with Crippen LogP contribution >= 0.6 is 0 Å². The van der Waals surface area contributed by atoms with Gasteiger partial charge in [-0.1, -0.05) is 48.5 Å². The Labute approximate surface area is 133 Å². The van der Waals surface area contributed by atoms with Crippen molar-refractivity contribution in [2.45, 2.75) is 31.9 Å². The Hall–Kier alpha value is -1.84. The van der Waals surface area contributed by atoms with Crippen molar-refractivity contribution < 1.29 is 9.84 Å². The van der Waals surface area contributed by atoms with Gasteiger partial charge in [0.25, 0.3) is 0 Å². The zero-order valence-corrected chi connectivity index (χ0v) is 13.1. The molecule has 2 atom stereocenters. The molecule has 0 saturated heterocycles. The SMILES string of the molecule is CC(Cc1ccccc1)NCCC(O)COc1ccccc1. The molecule has 2 N–H and O–H groups in total. The number of para-hydroxylation sites is 1. The summed E-state index contributed by atoms with van der Waals surface area (Å²) in [6.07, 6.45) is 1.24. The van der Waals surface area contributed by atoms with E-state index in [9.17, 15) is 5.11 Å². The molecule has 0 aliphatic heterocycles. The maximum absolute atomic E-state index is 9.95. The summed E-state index contributed by atoms with van der Waals surface area (Å²) in [5.41, 5.74) is 1.33. The summed E-state index contributed by atoms with van der Waals surface area (Å²) in [6.45, 7) is 3.28. The fourth-order valence-electron chi connectivity index (χ4n) is 2.33. The molecule has 0 bridgehead atoms. The molecule has 2 rings (SSSR count). The van der Waals surface area contributed by atoms with Gasteiger partial charge in [0.15, 0.2) is 0 Å². The summed E-state index contributed by atoms with van der Waals surface area (Å²) in [5.74, 6) is 0.798. The molecule has 118 valence electrons. The highest BCUT2D eigenvalue weighted by Gasteiger charge is 2.07.